The van der Waals surface area contributed by atoms with Gasteiger partial charge in [0.25, 0.3) is 0 Å². The molecule has 0 N–H and O–H groups in total. The highest BCUT2D eigenvalue weighted by Crippen LogP contribution is 2.27. The Bertz CT molecular complexity index is 521. The minimum absolute atomic E-state index is 0.397. The summed E-state index contributed by atoms with van der Waals surface area (Å²) in [4.78, 5) is 4.45. The number of hydrogen-bond acceptors (Lipinski definition) is 1. The summed E-state index contributed by atoms with van der Waals surface area (Å²) in [6.45, 7) is 4.31. The highest BCUT2D eigenvalue weighted by atomic mass is 35.5. The largest absolute Gasteiger partial charge is 0.235 e. The number of pyridine rings is 1. The normalized spacial score (nSPS) is 11.3. The molecular formula is C13H13Cl2N. The second kappa shape index (κ2) is 4.60. The molecule has 0 aliphatic heterocycles. The third kappa shape index (κ3) is 2.02. The Balaban J connectivity index is 2.74. The van der Waals surface area contributed by atoms with Gasteiger partial charge >= 0.3 is 0 Å². The van der Waals surface area contributed by atoms with Gasteiger partial charge in [-0.2, -0.15) is 0 Å². The lowest BCUT2D eigenvalue weighted by Gasteiger charge is -2.10. The first-order valence-corrected chi connectivity index (χ1v) is 6.18. The van der Waals surface area contributed by atoms with E-state index in [1.165, 1.54) is 5.56 Å². The summed E-state index contributed by atoms with van der Waals surface area (Å²) in [5.74, 6) is 0.836. The van der Waals surface area contributed by atoms with Crippen LogP contribution in [0.4, 0.5) is 0 Å². The van der Waals surface area contributed by atoms with Crippen LogP contribution in [0.15, 0.2) is 24.3 Å². The maximum atomic E-state index is 6.08. The van der Waals surface area contributed by atoms with E-state index in [1.807, 2.05) is 18.2 Å². The molecule has 0 aliphatic carbocycles. The molecule has 16 heavy (non-hydrogen) atoms. The van der Waals surface area contributed by atoms with Crippen molar-refractivity contribution in [2.45, 2.75) is 25.6 Å². The molecule has 2 rings (SSSR count). The Morgan fingerprint density at radius 3 is 2.69 bits per heavy atom. The summed E-state index contributed by atoms with van der Waals surface area (Å²) in [7, 11) is 0. The molecule has 0 unspecified atom stereocenters. The number of halogens is 2. The average molecular weight is 254 g/mol. The predicted molar refractivity (Wildman–Crippen MR) is 70.4 cm³/mol. The molecule has 0 amide bonds. The highest BCUT2D eigenvalue weighted by molar-refractivity contribution is 6.31. The van der Waals surface area contributed by atoms with Gasteiger partial charge in [0.2, 0.25) is 0 Å². The van der Waals surface area contributed by atoms with Gasteiger partial charge in [-0.15, -0.1) is 11.6 Å². The zero-order valence-electron chi connectivity index (χ0n) is 9.30. The van der Waals surface area contributed by atoms with Crippen LogP contribution in [0.2, 0.25) is 5.15 Å². The van der Waals surface area contributed by atoms with Crippen molar-refractivity contribution in [1.82, 2.24) is 4.98 Å². The number of para-hydroxylation sites is 1. The zero-order chi connectivity index (χ0) is 11.7. The van der Waals surface area contributed by atoms with Crippen LogP contribution in [-0.4, -0.2) is 4.98 Å². The van der Waals surface area contributed by atoms with Crippen molar-refractivity contribution in [2.24, 2.45) is 0 Å². The van der Waals surface area contributed by atoms with E-state index in [0.717, 1.165) is 16.5 Å². The van der Waals surface area contributed by atoms with Crippen LogP contribution in [0.5, 0.6) is 0 Å². The van der Waals surface area contributed by atoms with Crippen molar-refractivity contribution >= 4 is 34.1 Å². The molecule has 0 spiro atoms. The fourth-order valence-corrected chi connectivity index (χ4v) is 2.28. The minimum Gasteiger partial charge on any atom is -0.235 e. The van der Waals surface area contributed by atoms with Crippen LogP contribution < -0.4 is 0 Å². The summed E-state index contributed by atoms with van der Waals surface area (Å²) >= 11 is 11.9. The monoisotopic (exact) mass is 253 g/mol. The van der Waals surface area contributed by atoms with E-state index in [9.17, 15) is 0 Å². The summed E-state index contributed by atoms with van der Waals surface area (Å²) < 4.78 is 0. The van der Waals surface area contributed by atoms with Gasteiger partial charge in [0.15, 0.2) is 0 Å². The standard InChI is InChI=1S/C13H13Cl2N/c1-8(2)11-5-3-4-9-6-10(7-14)13(15)16-12(9)11/h3-6,8H,7H2,1-2H3. The maximum absolute atomic E-state index is 6.08. The van der Waals surface area contributed by atoms with Crippen LogP contribution in [0.3, 0.4) is 0 Å². The summed E-state index contributed by atoms with van der Waals surface area (Å²) in [5.41, 5.74) is 3.09. The van der Waals surface area contributed by atoms with Crippen LogP contribution in [-0.2, 0) is 5.88 Å². The number of benzene rings is 1. The molecule has 0 bridgehead atoms. The molecule has 2 aromatic rings. The summed E-state index contributed by atoms with van der Waals surface area (Å²) in [6, 6.07) is 8.20. The molecule has 3 heteroatoms. The van der Waals surface area contributed by atoms with Gasteiger partial charge in [-0.1, -0.05) is 43.6 Å². The molecule has 0 fully saturated rings. The lowest BCUT2D eigenvalue weighted by atomic mass is 9.99. The van der Waals surface area contributed by atoms with E-state index in [0.29, 0.717) is 17.0 Å². The second-order valence-corrected chi connectivity index (χ2v) is 4.77. The Morgan fingerprint density at radius 1 is 1.31 bits per heavy atom. The van der Waals surface area contributed by atoms with E-state index >= 15 is 0 Å². The van der Waals surface area contributed by atoms with E-state index in [-0.39, 0.29) is 0 Å². The van der Waals surface area contributed by atoms with Crippen molar-refractivity contribution < 1.29 is 0 Å². The Morgan fingerprint density at radius 2 is 2.06 bits per heavy atom. The number of nitrogens with zero attached hydrogens (tertiary/aromatic N) is 1. The third-order valence-corrected chi connectivity index (χ3v) is 3.28. The van der Waals surface area contributed by atoms with Crippen molar-refractivity contribution in [2.75, 3.05) is 0 Å². The van der Waals surface area contributed by atoms with E-state index < -0.39 is 0 Å². The van der Waals surface area contributed by atoms with Crippen LogP contribution in [0, 0.1) is 0 Å². The van der Waals surface area contributed by atoms with Crippen molar-refractivity contribution in [3.05, 3.63) is 40.5 Å². The fourth-order valence-electron chi connectivity index (χ4n) is 1.80. The third-order valence-electron chi connectivity index (χ3n) is 2.67. The number of rotatable bonds is 2. The molecule has 1 heterocycles. The Kier molecular flexibility index (Phi) is 3.36. The molecular weight excluding hydrogens is 241 g/mol. The first-order chi connectivity index (χ1) is 7.63. The maximum Gasteiger partial charge on any atom is 0.134 e. The smallest absolute Gasteiger partial charge is 0.134 e. The van der Waals surface area contributed by atoms with E-state index in [1.54, 1.807) is 0 Å². The van der Waals surface area contributed by atoms with Crippen LogP contribution in [0.1, 0.15) is 30.9 Å². The fraction of sp³-hybridized carbons (Fsp3) is 0.308. The molecule has 84 valence electrons. The lowest BCUT2D eigenvalue weighted by molar-refractivity contribution is 0.872. The van der Waals surface area contributed by atoms with Crippen molar-refractivity contribution in [3.8, 4) is 0 Å². The molecule has 1 aromatic heterocycles. The first-order valence-electron chi connectivity index (χ1n) is 5.27. The summed E-state index contributed by atoms with van der Waals surface area (Å²) in [5, 5.41) is 1.61. The van der Waals surface area contributed by atoms with Gasteiger partial charge in [0.1, 0.15) is 5.15 Å². The molecule has 0 aliphatic rings. The SMILES string of the molecule is CC(C)c1cccc2cc(CCl)c(Cl)nc12. The molecule has 0 radical (unpaired) electrons. The number of hydrogen-bond donors (Lipinski definition) is 0. The van der Waals surface area contributed by atoms with Gasteiger partial charge in [-0.25, -0.2) is 4.98 Å². The van der Waals surface area contributed by atoms with Gasteiger partial charge in [0, 0.05) is 10.9 Å². The predicted octanol–water partition coefficient (Wildman–Crippen LogP) is 4.75. The zero-order valence-corrected chi connectivity index (χ0v) is 10.8. The van der Waals surface area contributed by atoms with Gasteiger partial charge < -0.3 is 0 Å². The van der Waals surface area contributed by atoms with Crippen LogP contribution >= 0.6 is 23.2 Å². The summed E-state index contributed by atoms with van der Waals surface area (Å²) in [6.07, 6.45) is 0. The number of fused-ring (bicyclic) bond motifs is 1. The van der Waals surface area contributed by atoms with E-state index in [4.69, 9.17) is 23.2 Å². The first kappa shape index (κ1) is 11.7. The van der Waals surface area contributed by atoms with Crippen molar-refractivity contribution in [1.29, 1.82) is 0 Å². The van der Waals surface area contributed by atoms with Crippen molar-refractivity contribution in [3.63, 3.8) is 0 Å². The molecule has 0 saturated carbocycles. The molecule has 1 aromatic carbocycles. The number of aromatic nitrogens is 1. The van der Waals surface area contributed by atoms with E-state index in [2.05, 4.69) is 24.9 Å². The molecule has 0 saturated heterocycles. The minimum atomic E-state index is 0.397. The topological polar surface area (TPSA) is 12.9 Å². The van der Waals surface area contributed by atoms with Gasteiger partial charge in [-0.05, 0) is 17.5 Å². The second-order valence-electron chi connectivity index (χ2n) is 4.15. The quantitative estimate of drug-likeness (QED) is 0.556. The van der Waals surface area contributed by atoms with Crippen LogP contribution in [0.25, 0.3) is 10.9 Å². The van der Waals surface area contributed by atoms with Gasteiger partial charge in [0.05, 0.1) is 11.4 Å². The average Bonchev–Trinajstić information content (AvgIpc) is 2.27. The lowest BCUT2D eigenvalue weighted by Crippen LogP contribution is -1.94. The van der Waals surface area contributed by atoms with Gasteiger partial charge in [-0.3, -0.25) is 0 Å². The number of alkyl halides is 1. The molecule has 0 atom stereocenters. The highest BCUT2D eigenvalue weighted by Gasteiger charge is 2.09. The Hall–Kier alpha value is -0.790. The Labute approximate surface area is 105 Å². The molecule has 1 nitrogen and oxygen atoms in total.